The fraction of sp³-hybridized carbons (Fsp3) is 0.647. The second kappa shape index (κ2) is 6.99. The van der Waals surface area contributed by atoms with E-state index in [2.05, 4.69) is 0 Å². The molecule has 2 amide bonds. The van der Waals surface area contributed by atoms with E-state index in [-0.39, 0.29) is 12.5 Å². The van der Waals surface area contributed by atoms with Crippen molar-refractivity contribution in [2.24, 2.45) is 5.41 Å². The highest BCUT2D eigenvalue weighted by Gasteiger charge is 2.56. The second-order valence-corrected chi connectivity index (χ2v) is 7.79. The zero-order valence-electron chi connectivity index (χ0n) is 14.2. The van der Waals surface area contributed by atoms with E-state index in [1.807, 2.05) is 0 Å². The predicted octanol–water partition coefficient (Wildman–Crippen LogP) is 2.48. The molecule has 0 aliphatic carbocycles. The van der Waals surface area contributed by atoms with E-state index < -0.39 is 30.2 Å². The van der Waals surface area contributed by atoms with Crippen LogP contribution in [0.3, 0.4) is 0 Å². The van der Waals surface area contributed by atoms with Crippen LogP contribution in [0.15, 0.2) is 17.5 Å². The molecular weight excluding hydrogens is 350 g/mol. The van der Waals surface area contributed by atoms with Gasteiger partial charge in [-0.25, -0.2) is 8.78 Å². The van der Waals surface area contributed by atoms with Gasteiger partial charge in [0.2, 0.25) is 5.91 Å². The number of carbonyl (C=O) groups is 2. The van der Waals surface area contributed by atoms with Crippen LogP contribution in [0.25, 0.3) is 0 Å². The maximum atomic E-state index is 14.5. The molecule has 1 aromatic heterocycles. The summed E-state index contributed by atoms with van der Waals surface area (Å²) in [5.41, 5.74) is -1.19. The fourth-order valence-corrected chi connectivity index (χ4v) is 4.58. The Kier molecular flexibility index (Phi) is 5.11. The number of piperidine rings is 2. The standard InChI is InChI=1S/C17H22F2N2O3S/c1-24-8-7-20-6-3-5-16(15(20)23)10-17(18,19)12-21(11-16)14(22)13-4-2-9-25-13/h2,4,9H,3,5-8,10-12H2,1H3. The first-order chi connectivity index (χ1) is 11.9. The molecule has 138 valence electrons. The van der Waals surface area contributed by atoms with Crippen LogP contribution in [-0.4, -0.2) is 67.4 Å². The van der Waals surface area contributed by atoms with Crippen molar-refractivity contribution in [1.29, 1.82) is 0 Å². The molecule has 1 aromatic rings. The molecule has 2 aliphatic rings. The number of hydrogen-bond acceptors (Lipinski definition) is 4. The lowest BCUT2D eigenvalue weighted by Gasteiger charge is -2.49. The molecule has 1 atom stereocenters. The third-order valence-electron chi connectivity index (χ3n) is 4.92. The summed E-state index contributed by atoms with van der Waals surface area (Å²) in [6, 6.07) is 3.34. The van der Waals surface area contributed by atoms with Gasteiger partial charge >= 0.3 is 0 Å². The van der Waals surface area contributed by atoms with E-state index in [1.54, 1.807) is 29.5 Å². The Morgan fingerprint density at radius 1 is 1.40 bits per heavy atom. The van der Waals surface area contributed by atoms with Crippen LogP contribution in [0.5, 0.6) is 0 Å². The van der Waals surface area contributed by atoms with Crippen molar-refractivity contribution in [3.63, 3.8) is 0 Å². The average Bonchev–Trinajstić information content (AvgIpc) is 3.09. The van der Waals surface area contributed by atoms with Crippen molar-refractivity contribution < 1.29 is 23.1 Å². The minimum atomic E-state index is -3.06. The molecule has 2 aliphatic heterocycles. The van der Waals surface area contributed by atoms with Gasteiger partial charge in [-0.3, -0.25) is 9.59 Å². The Labute approximate surface area is 149 Å². The molecule has 1 unspecified atom stereocenters. The summed E-state index contributed by atoms with van der Waals surface area (Å²) in [6.07, 6.45) is 0.558. The molecule has 3 rings (SSSR count). The second-order valence-electron chi connectivity index (χ2n) is 6.84. The van der Waals surface area contributed by atoms with Crippen molar-refractivity contribution >= 4 is 23.2 Å². The first kappa shape index (κ1) is 18.3. The Bertz CT molecular complexity index is 638. The summed E-state index contributed by atoms with van der Waals surface area (Å²) in [7, 11) is 1.54. The van der Waals surface area contributed by atoms with Crippen LogP contribution in [0.4, 0.5) is 8.78 Å². The normalized spacial score (nSPS) is 26.3. The third kappa shape index (κ3) is 3.69. The number of ether oxygens (including phenoxy) is 1. The molecule has 0 aromatic carbocycles. The number of alkyl halides is 2. The van der Waals surface area contributed by atoms with Gasteiger partial charge in [-0.2, -0.15) is 0 Å². The number of methoxy groups -OCH3 is 1. The molecule has 2 fully saturated rings. The number of thiophene rings is 1. The topological polar surface area (TPSA) is 49.9 Å². The zero-order valence-corrected chi connectivity index (χ0v) is 15.0. The molecule has 2 saturated heterocycles. The lowest BCUT2D eigenvalue weighted by atomic mass is 9.71. The summed E-state index contributed by atoms with van der Waals surface area (Å²) >= 11 is 1.22. The van der Waals surface area contributed by atoms with Gasteiger partial charge in [0.05, 0.1) is 23.4 Å². The monoisotopic (exact) mass is 372 g/mol. The van der Waals surface area contributed by atoms with Crippen LogP contribution in [-0.2, 0) is 9.53 Å². The number of nitrogens with zero attached hydrogens (tertiary/aromatic N) is 2. The molecule has 8 heteroatoms. The van der Waals surface area contributed by atoms with Gasteiger partial charge in [0.1, 0.15) is 0 Å². The van der Waals surface area contributed by atoms with Crippen LogP contribution < -0.4 is 0 Å². The minimum absolute atomic E-state index is 0.0572. The number of halogens is 2. The smallest absolute Gasteiger partial charge is 0.266 e. The molecule has 0 radical (unpaired) electrons. The van der Waals surface area contributed by atoms with Gasteiger partial charge in [0, 0.05) is 33.2 Å². The Balaban J connectivity index is 1.84. The summed E-state index contributed by atoms with van der Waals surface area (Å²) in [4.78, 5) is 28.7. The third-order valence-corrected chi connectivity index (χ3v) is 5.78. The zero-order chi connectivity index (χ0) is 18.1. The fourth-order valence-electron chi connectivity index (χ4n) is 3.88. The summed E-state index contributed by atoms with van der Waals surface area (Å²) in [6.45, 7) is 0.741. The summed E-state index contributed by atoms with van der Waals surface area (Å²) in [5, 5.41) is 1.74. The number of hydrogen-bond donors (Lipinski definition) is 0. The molecule has 1 spiro atoms. The summed E-state index contributed by atoms with van der Waals surface area (Å²) in [5.74, 6) is -3.76. The van der Waals surface area contributed by atoms with Gasteiger partial charge in [-0.15, -0.1) is 11.3 Å². The minimum Gasteiger partial charge on any atom is -0.383 e. The first-order valence-corrected chi connectivity index (χ1v) is 9.24. The first-order valence-electron chi connectivity index (χ1n) is 8.36. The molecule has 0 bridgehead atoms. The van der Waals surface area contributed by atoms with Gasteiger partial charge in [0.15, 0.2) is 0 Å². The van der Waals surface area contributed by atoms with E-state index in [4.69, 9.17) is 4.74 Å². The number of rotatable bonds is 4. The van der Waals surface area contributed by atoms with E-state index in [9.17, 15) is 18.4 Å². The van der Waals surface area contributed by atoms with Crippen molar-refractivity contribution in [2.45, 2.75) is 25.2 Å². The van der Waals surface area contributed by atoms with Crippen molar-refractivity contribution in [2.75, 3.05) is 39.9 Å². The average molecular weight is 372 g/mol. The molecule has 3 heterocycles. The van der Waals surface area contributed by atoms with Crippen molar-refractivity contribution in [1.82, 2.24) is 9.80 Å². The van der Waals surface area contributed by atoms with E-state index >= 15 is 0 Å². The Morgan fingerprint density at radius 3 is 2.88 bits per heavy atom. The van der Waals surface area contributed by atoms with Gasteiger partial charge in [-0.05, 0) is 24.3 Å². The number of likely N-dealkylation sites (tertiary alicyclic amines) is 2. The molecular formula is C17H22F2N2O3S. The molecule has 0 saturated carbocycles. The van der Waals surface area contributed by atoms with Crippen LogP contribution in [0.2, 0.25) is 0 Å². The summed E-state index contributed by atoms with van der Waals surface area (Å²) < 4.78 is 33.9. The molecule has 5 nitrogen and oxygen atoms in total. The largest absolute Gasteiger partial charge is 0.383 e. The number of amides is 2. The predicted molar refractivity (Wildman–Crippen MR) is 89.9 cm³/mol. The van der Waals surface area contributed by atoms with E-state index in [0.29, 0.717) is 37.4 Å². The Hall–Kier alpha value is -1.54. The molecule has 25 heavy (non-hydrogen) atoms. The van der Waals surface area contributed by atoms with E-state index in [1.165, 1.54) is 11.3 Å². The van der Waals surface area contributed by atoms with Gasteiger partial charge in [0.25, 0.3) is 11.8 Å². The maximum absolute atomic E-state index is 14.5. The lowest BCUT2D eigenvalue weighted by Crippen LogP contribution is -2.62. The number of carbonyl (C=O) groups excluding carboxylic acids is 2. The SMILES string of the molecule is COCCN1CCCC2(CN(C(=O)c3cccs3)CC(F)(F)C2)C1=O. The van der Waals surface area contributed by atoms with Crippen molar-refractivity contribution in [3.8, 4) is 0 Å². The van der Waals surface area contributed by atoms with E-state index in [0.717, 1.165) is 4.90 Å². The molecule has 0 N–H and O–H groups in total. The van der Waals surface area contributed by atoms with Crippen LogP contribution in [0, 0.1) is 5.41 Å². The van der Waals surface area contributed by atoms with Gasteiger partial charge in [-0.1, -0.05) is 6.07 Å². The van der Waals surface area contributed by atoms with Crippen LogP contribution in [0.1, 0.15) is 28.9 Å². The Morgan fingerprint density at radius 2 is 2.20 bits per heavy atom. The maximum Gasteiger partial charge on any atom is 0.266 e. The van der Waals surface area contributed by atoms with Crippen molar-refractivity contribution in [3.05, 3.63) is 22.4 Å². The van der Waals surface area contributed by atoms with Crippen LogP contribution >= 0.6 is 11.3 Å². The highest BCUT2D eigenvalue weighted by molar-refractivity contribution is 7.12. The highest BCUT2D eigenvalue weighted by Crippen LogP contribution is 2.45. The highest BCUT2D eigenvalue weighted by atomic mass is 32.1. The quantitative estimate of drug-likeness (QED) is 0.816. The lowest BCUT2D eigenvalue weighted by molar-refractivity contribution is -0.166. The van der Waals surface area contributed by atoms with Gasteiger partial charge < -0.3 is 14.5 Å².